The smallest absolute Gasteiger partial charge is 0.328 e. The van der Waals surface area contributed by atoms with Crippen molar-refractivity contribution in [2.45, 2.75) is 37.1 Å². The van der Waals surface area contributed by atoms with Crippen molar-refractivity contribution in [3.63, 3.8) is 0 Å². The minimum Gasteiger partial charge on any atom is -0.504 e. The van der Waals surface area contributed by atoms with Crippen LogP contribution in [0.4, 0.5) is 0 Å². The van der Waals surface area contributed by atoms with E-state index < -0.39 is 69.6 Å². The summed E-state index contributed by atoms with van der Waals surface area (Å²) in [6.45, 7) is 2.13. The van der Waals surface area contributed by atoms with Crippen LogP contribution >= 0.6 is 0 Å². The summed E-state index contributed by atoms with van der Waals surface area (Å²) in [5.41, 5.74) is 1.97. The van der Waals surface area contributed by atoms with Gasteiger partial charge in [0.2, 0.25) is 5.91 Å². The van der Waals surface area contributed by atoms with Crippen molar-refractivity contribution < 1.29 is 43.3 Å². The van der Waals surface area contributed by atoms with E-state index in [-0.39, 0.29) is 12.0 Å². The number of aromatic hydroxyl groups is 2. The molecular formula is C18H22N4O9S. The maximum Gasteiger partial charge on any atom is 0.328 e. The molecule has 0 saturated carbocycles. The number of benzene rings is 1. The molecule has 0 radical (unpaired) electrons. The zero-order valence-electron chi connectivity index (χ0n) is 17.0. The van der Waals surface area contributed by atoms with Gasteiger partial charge >= 0.3 is 5.97 Å². The Hall–Kier alpha value is -3.52. The van der Waals surface area contributed by atoms with Gasteiger partial charge in [-0.3, -0.25) is 14.4 Å². The Morgan fingerprint density at radius 3 is 2.50 bits per heavy atom. The maximum atomic E-state index is 12.0. The number of carboxylic acid groups (broad SMARTS) is 1. The number of hydrazone groups is 1. The molecule has 1 fully saturated rings. The molecule has 1 aliphatic heterocycles. The van der Waals surface area contributed by atoms with E-state index in [1.807, 2.05) is 5.43 Å². The highest BCUT2D eigenvalue weighted by Gasteiger charge is 2.53. The first kappa shape index (κ1) is 24.7. The van der Waals surface area contributed by atoms with E-state index in [0.717, 1.165) is 30.2 Å². The first-order chi connectivity index (χ1) is 14.9. The lowest BCUT2D eigenvalue weighted by atomic mass is 9.92. The van der Waals surface area contributed by atoms with Gasteiger partial charge in [0.25, 0.3) is 11.8 Å². The predicted molar refractivity (Wildman–Crippen MR) is 110 cm³/mol. The molecule has 1 aromatic rings. The van der Waals surface area contributed by atoms with Gasteiger partial charge in [-0.25, -0.2) is 14.4 Å². The average molecular weight is 470 g/mol. The highest BCUT2D eigenvalue weighted by Crippen LogP contribution is 2.30. The van der Waals surface area contributed by atoms with Gasteiger partial charge in [-0.2, -0.15) is 5.10 Å². The Bertz CT molecular complexity index is 999. The van der Waals surface area contributed by atoms with E-state index in [0.29, 0.717) is 0 Å². The number of phenols is 2. The summed E-state index contributed by atoms with van der Waals surface area (Å²) in [6, 6.07) is 1.14. The first-order valence-corrected chi connectivity index (χ1v) is 10.3. The second-order valence-electron chi connectivity index (χ2n) is 7.21. The van der Waals surface area contributed by atoms with Crippen LogP contribution in [0.2, 0.25) is 0 Å². The Balaban J connectivity index is 2.04. The number of carboxylic acids is 1. The van der Waals surface area contributed by atoms with Crippen LogP contribution in [-0.2, 0) is 25.5 Å². The second-order valence-corrected chi connectivity index (χ2v) is 8.59. The van der Waals surface area contributed by atoms with Crippen LogP contribution in [-0.4, -0.2) is 82.3 Å². The number of hydrogen-bond acceptors (Lipinski definition) is 8. The summed E-state index contributed by atoms with van der Waals surface area (Å²) in [6.07, 6.45) is 0.863. The van der Waals surface area contributed by atoms with E-state index >= 15 is 0 Å². The maximum absolute atomic E-state index is 12.0. The van der Waals surface area contributed by atoms with Crippen molar-refractivity contribution in [3.8, 4) is 11.5 Å². The van der Waals surface area contributed by atoms with E-state index in [9.17, 15) is 43.3 Å². The summed E-state index contributed by atoms with van der Waals surface area (Å²) < 4.78 is 19.6. The van der Waals surface area contributed by atoms with Crippen molar-refractivity contribution in [1.29, 1.82) is 0 Å². The fourth-order valence-electron chi connectivity index (χ4n) is 3.04. The third kappa shape index (κ3) is 5.20. The molecule has 1 saturated heterocycles. The normalized spacial score (nSPS) is 19.5. The molecule has 1 aliphatic rings. The lowest BCUT2D eigenvalue weighted by Gasteiger charge is -2.46. The number of phenolic OH excluding ortho intramolecular Hbond substituents is 2. The van der Waals surface area contributed by atoms with E-state index in [4.69, 9.17) is 0 Å². The Labute approximate surface area is 184 Å². The van der Waals surface area contributed by atoms with Crippen LogP contribution in [0.5, 0.6) is 11.5 Å². The highest BCUT2D eigenvalue weighted by atomic mass is 32.2. The van der Waals surface area contributed by atoms with Crippen molar-refractivity contribution in [2.75, 3.05) is 6.54 Å². The molecule has 1 aromatic carbocycles. The van der Waals surface area contributed by atoms with Gasteiger partial charge in [0.15, 0.2) is 28.6 Å². The number of aliphatic carboxylic acids is 1. The van der Waals surface area contributed by atoms with Gasteiger partial charge < -0.3 is 30.1 Å². The largest absolute Gasteiger partial charge is 0.504 e. The predicted octanol–water partition coefficient (Wildman–Crippen LogP) is -1.02. The SMILES string of the molecule is C[C@@H]1CC(=O)N1[C@@H](C(=O)O)[C@](C)(/C=N/NC(=O)CNC(=O)c1ccc(O)c(O)c1)S(=O)O. The number of carbonyl (C=O) groups excluding carboxylic acids is 3. The monoisotopic (exact) mass is 470 g/mol. The molecule has 0 aliphatic carbocycles. The van der Waals surface area contributed by atoms with Gasteiger partial charge in [-0.05, 0) is 32.0 Å². The van der Waals surface area contributed by atoms with Crippen LogP contribution in [0.25, 0.3) is 0 Å². The van der Waals surface area contributed by atoms with Crippen molar-refractivity contribution in [2.24, 2.45) is 5.10 Å². The van der Waals surface area contributed by atoms with Gasteiger partial charge in [0.05, 0.1) is 6.54 Å². The lowest BCUT2D eigenvalue weighted by molar-refractivity contribution is -0.161. The Morgan fingerprint density at radius 2 is 2.00 bits per heavy atom. The first-order valence-electron chi connectivity index (χ1n) is 9.16. The van der Waals surface area contributed by atoms with Crippen LogP contribution in [0.15, 0.2) is 23.3 Å². The second kappa shape index (κ2) is 9.74. The zero-order chi connectivity index (χ0) is 24.2. The van der Waals surface area contributed by atoms with Crippen LogP contribution in [0, 0.1) is 0 Å². The molecule has 4 atom stereocenters. The number of nitrogens with zero attached hydrogens (tertiary/aromatic N) is 2. The van der Waals surface area contributed by atoms with Crippen LogP contribution in [0.1, 0.15) is 30.6 Å². The molecule has 3 amide bonds. The molecular weight excluding hydrogens is 448 g/mol. The van der Waals surface area contributed by atoms with Crippen LogP contribution < -0.4 is 10.7 Å². The standard InChI is InChI=1S/C18H22N4O9S/c1-9-5-14(26)22(9)15(17(28)29)18(2,32(30)31)8-20-21-13(25)7-19-16(27)10-3-4-11(23)12(24)6-10/h3-4,6,8-9,15,23-24H,5,7H2,1-2H3,(H,19,27)(H,21,25)(H,28,29)(H,30,31)/b20-8+/t9-,15+,18+/m1/s1. The molecule has 14 heteroatoms. The number of β-lactam (4-membered cyclic amide) rings is 1. The quantitative estimate of drug-likeness (QED) is 0.0857. The fourth-order valence-corrected chi connectivity index (χ4v) is 3.59. The highest BCUT2D eigenvalue weighted by molar-refractivity contribution is 7.81. The van der Waals surface area contributed by atoms with Crippen molar-refractivity contribution >= 4 is 41.0 Å². The Morgan fingerprint density at radius 1 is 1.34 bits per heavy atom. The number of hydrogen-bond donors (Lipinski definition) is 6. The molecule has 0 bridgehead atoms. The molecule has 0 aromatic heterocycles. The van der Waals surface area contributed by atoms with Gasteiger partial charge in [0.1, 0.15) is 4.75 Å². The number of rotatable bonds is 9. The number of amides is 3. The topological polar surface area (TPSA) is 206 Å². The van der Waals surface area contributed by atoms with E-state index in [1.54, 1.807) is 6.92 Å². The third-order valence-electron chi connectivity index (χ3n) is 4.82. The minimum absolute atomic E-state index is 0.0301. The number of nitrogens with one attached hydrogen (secondary N) is 2. The summed E-state index contributed by atoms with van der Waals surface area (Å²) in [5, 5.41) is 34.0. The molecule has 1 unspecified atom stereocenters. The summed E-state index contributed by atoms with van der Waals surface area (Å²) in [7, 11) is 0. The summed E-state index contributed by atoms with van der Waals surface area (Å²) in [5.74, 6) is -4.54. The van der Waals surface area contributed by atoms with Crippen molar-refractivity contribution in [1.82, 2.24) is 15.6 Å². The van der Waals surface area contributed by atoms with Crippen molar-refractivity contribution in [3.05, 3.63) is 23.8 Å². The molecule has 13 nitrogen and oxygen atoms in total. The minimum atomic E-state index is -2.78. The molecule has 174 valence electrons. The fraction of sp³-hybridized carbons (Fsp3) is 0.389. The molecule has 1 heterocycles. The molecule has 2 rings (SSSR count). The van der Waals surface area contributed by atoms with Crippen LogP contribution in [0.3, 0.4) is 0 Å². The summed E-state index contributed by atoms with van der Waals surface area (Å²) >= 11 is -2.78. The van der Waals surface area contributed by atoms with E-state index in [2.05, 4.69) is 10.4 Å². The summed E-state index contributed by atoms with van der Waals surface area (Å²) in [4.78, 5) is 48.5. The molecule has 6 N–H and O–H groups in total. The van der Waals surface area contributed by atoms with Gasteiger partial charge in [-0.15, -0.1) is 0 Å². The van der Waals surface area contributed by atoms with E-state index in [1.165, 1.54) is 6.07 Å². The molecule has 0 spiro atoms. The zero-order valence-corrected chi connectivity index (χ0v) is 17.8. The average Bonchev–Trinajstić information content (AvgIpc) is 2.71. The van der Waals surface area contributed by atoms with Gasteiger partial charge in [-0.1, -0.05) is 0 Å². The molecule has 32 heavy (non-hydrogen) atoms. The number of carbonyl (C=O) groups is 4. The van der Waals surface area contributed by atoms with Gasteiger partial charge in [0, 0.05) is 24.2 Å². The lowest BCUT2D eigenvalue weighted by Crippen LogP contribution is -2.67. The number of likely N-dealkylation sites (tertiary alicyclic amines) is 1. The third-order valence-corrected chi connectivity index (χ3v) is 5.90. The Kier molecular flexibility index (Phi) is 7.53.